The van der Waals surface area contributed by atoms with Gasteiger partial charge in [-0.15, -0.1) is 5.54 Å². The van der Waals surface area contributed by atoms with Crippen LogP contribution in [-0.2, 0) is 9.22 Å². The predicted octanol–water partition coefficient (Wildman–Crippen LogP) is 9.79. The third-order valence-electron chi connectivity index (χ3n) is 8.82. The first-order valence-electron chi connectivity index (χ1n) is 16.8. The molecule has 0 N–H and O–H groups in total. The fraction of sp³-hybridized carbons (Fsp3) is 0.450. The lowest BCUT2D eigenvalue weighted by Gasteiger charge is -2.45. The first kappa shape index (κ1) is 37.0. The molecule has 2 aliphatic rings. The monoisotopic (exact) mass is 681 g/mol. The average molecular weight is 682 g/mol. The number of benzene rings is 2. The van der Waals surface area contributed by atoms with Crippen molar-refractivity contribution in [3.63, 3.8) is 0 Å². The SMILES string of the molecule is CC(C)(C)C(=O)Oc1ccc2c(c1)N(C(=O)Oc1ccccc1)C(C#C/C=C\C#C[Si](C)(C)C)C1=C2C(O[Si](C)(C)C(C)(C)C)CCC1. The highest BCUT2D eigenvalue weighted by Gasteiger charge is 2.45. The Morgan fingerprint density at radius 2 is 1.54 bits per heavy atom. The Morgan fingerprint density at radius 3 is 2.17 bits per heavy atom. The molecule has 8 heteroatoms. The number of nitrogens with zero attached hydrogens (tertiary/aromatic N) is 1. The zero-order valence-corrected chi connectivity index (χ0v) is 32.5. The van der Waals surface area contributed by atoms with Crippen LogP contribution in [0.1, 0.15) is 66.4 Å². The van der Waals surface area contributed by atoms with Crippen LogP contribution < -0.4 is 14.4 Å². The molecule has 48 heavy (non-hydrogen) atoms. The molecule has 2 aromatic carbocycles. The smallest absolute Gasteiger partial charge is 0.421 e. The van der Waals surface area contributed by atoms with Gasteiger partial charge in [0.2, 0.25) is 0 Å². The summed E-state index contributed by atoms with van der Waals surface area (Å²) < 4.78 is 18.9. The number of amides is 1. The third-order valence-corrected chi connectivity index (χ3v) is 14.2. The fourth-order valence-electron chi connectivity index (χ4n) is 5.26. The molecule has 0 bridgehead atoms. The Labute approximate surface area is 290 Å². The van der Waals surface area contributed by atoms with Gasteiger partial charge in [-0.2, -0.15) is 0 Å². The quantitative estimate of drug-likeness (QED) is 0.139. The molecule has 1 aliphatic heterocycles. The van der Waals surface area contributed by atoms with E-state index < -0.39 is 33.9 Å². The van der Waals surface area contributed by atoms with Crippen LogP contribution in [0.25, 0.3) is 5.57 Å². The van der Waals surface area contributed by atoms with Crippen molar-refractivity contribution < 1.29 is 23.5 Å². The molecule has 6 nitrogen and oxygen atoms in total. The molecule has 2 aromatic rings. The van der Waals surface area contributed by atoms with Crippen LogP contribution in [0, 0.1) is 28.7 Å². The van der Waals surface area contributed by atoms with E-state index in [0.29, 0.717) is 17.2 Å². The molecule has 0 saturated heterocycles. The van der Waals surface area contributed by atoms with Crippen LogP contribution in [0.15, 0.2) is 66.3 Å². The van der Waals surface area contributed by atoms with Crippen LogP contribution >= 0.6 is 0 Å². The molecular weight excluding hydrogens is 631 g/mol. The highest BCUT2D eigenvalue weighted by atomic mass is 28.4. The molecule has 4 rings (SSSR count). The summed E-state index contributed by atoms with van der Waals surface area (Å²) in [7, 11) is -3.71. The van der Waals surface area contributed by atoms with Crippen molar-refractivity contribution in [3.8, 4) is 34.8 Å². The van der Waals surface area contributed by atoms with Crippen molar-refractivity contribution in [2.75, 3.05) is 4.90 Å². The molecule has 2 atom stereocenters. The number of hydrogen-bond acceptors (Lipinski definition) is 5. The number of allylic oxidation sites excluding steroid dienone is 2. The van der Waals surface area contributed by atoms with Gasteiger partial charge in [0.25, 0.3) is 0 Å². The third kappa shape index (κ3) is 8.99. The van der Waals surface area contributed by atoms with Crippen LogP contribution in [0.2, 0.25) is 37.8 Å². The van der Waals surface area contributed by atoms with E-state index in [4.69, 9.17) is 13.9 Å². The van der Waals surface area contributed by atoms with Crippen LogP contribution in [0.3, 0.4) is 0 Å². The van der Waals surface area contributed by atoms with Crippen molar-refractivity contribution in [2.45, 2.75) is 111 Å². The summed E-state index contributed by atoms with van der Waals surface area (Å²) >= 11 is 0. The minimum absolute atomic E-state index is 0.0140. The van der Waals surface area contributed by atoms with Crippen LogP contribution in [0.4, 0.5) is 10.5 Å². The molecule has 254 valence electrons. The van der Waals surface area contributed by atoms with E-state index in [9.17, 15) is 9.59 Å². The molecule has 0 radical (unpaired) electrons. The standard InChI is InChI=1S/C40H51NO5Si2/c1-39(2,3)37(42)44-30-25-26-32-34(28-30)41(38(43)45-29-20-15-14-16-21-29)33(23-17-12-13-18-27-47(7,8)9)31-22-19-24-35(36(31)32)46-48(10,11)40(4,5)6/h12-16,20-21,25-26,28,33,35H,19,22,24H2,1-11H3/b13-12-. The molecule has 1 amide bonds. The van der Waals surface area contributed by atoms with E-state index >= 15 is 0 Å². The largest absolute Gasteiger partial charge is 0.426 e. The second kappa shape index (κ2) is 14.3. The number of anilines is 1. The Kier molecular flexibility index (Phi) is 11.1. The van der Waals surface area contributed by atoms with Crippen LogP contribution in [0.5, 0.6) is 11.5 Å². The normalized spacial score (nSPS) is 18.2. The van der Waals surface area contributed by atoms with Crippen molar-refractivity contribution in [1.82, 2.24) is 0 Å². The second-order valence-corrected chi connectivity index (χ2v) is 25.6. The molecule has 0 saturated carbocycles. The summed E-state index contributed by atoms with van der Waals surface area (Å²) in [6, 6.07) is 13.9. The van der Waals surface area contributed by atoms with Gasteiger partial charge in [0, 0.05) is 11.6 Å². The van der Waals surface area contributed by atoms with Gasteiger partial charge in [0.05, 0.1) is 17.2 Å². The van der Waals surface area contributed by atoms with E-state index in [0.717, 1.165) is 36.0 Å². The molecular formula is C40H51NO5Si2. The first-order valence-corrected chi connectivity index (χ1v) is 23.2. The molecule has 0 fully saturated rings. The first-order chi connectivity index (χ1) is 22.3. The van der Waals surface area contributed by atoms with E-state index in [1.165, 1.54) is 0 Å². The Morgan fingerprint density at radius 1 is 0.875 bits per heavy atom. The molecule has 0 aromatic heterocycles. The van der Waals surface area contributed by atoms with Crippen molar-refractivity contribution in [1.29, 1.82) is 0 Å². The van der Waals surface area contributed by atoms with Gasteiger partial charge in [-0.1, -0.05) is 76.4 Å². The van der Waals surface area contributed by atoms with E-state index in [2.05, 4.69) is 76.8 Å². The highest BCUT2D eigenvalue weighted by molar-refractivity contribution is 6.83. The Balaban J connectivity index is 1.92. The molecule has 1 aliphatic carbocycles. The summed E-state index contributed by atoms with van der Waals surface area (Å²) in [6.07, 6.45) is 5.34. The van der Waals surface area contributed by atoms with Crippen molar-refractivity contribution in [2.24, 2.45) is 5.41 Å². The number of fused-ring (bicyclic) bond motifs is 2. The number of hydrogen-bond donors (Lipinski definition) is 0. The number of carbonyl (C=O) groups is 2. The van der Waals surface area contributed by atoms with Gasteiger partial charge in [0.15, 0.2) is 8.32 Å². The fourth-order valence-corrected chi connectivity index (χ4v) is 7.08. The topological polar surface area (TPSA) is 65.1 Å². The lowest BCUT2D eigenvalue weighted by molar-refractivity contribution is -0.142. The second-order valence-electron chi connectivity index (χ2n) is 16.1. The summed E-state index contributed by atoms with van der Waals surface area (Å²) in [5.41, 5.74) is 6.18. The number of carbonyl (C=O) groups excluding carboxylic acids is 2. The maximum absolute atomic E-state index is 14.2. The molecule has 0 spiro atoms. The minimum Gasteiger partial charge on any atom is -0.426 e. The minimum atomic E-state index is -2.18. The number of ether oxygens (including phenoxy) is 2. The van der Waals surface area contributed by atoms with Crippen molar-refractivity contribution >= 4 is 39.7 Å². The summed E-state index contributed by atoms with van der Waals surface area (Å²) in [5, 5.41) is 0.0140. The number of para-hydroxylation sites is 1. The van der Waals surface area contributed by atoms with Gasteiger partial charge in [0.1, 0.15) is 25.6 Å². The van der Waals surface area contributed by atoms with Crippen molar-refractivity contribution in [3.05, 3.63) is 71.8 Å². The predicted molar refractivity (Wildman–Crippen MR) is 201 cm³/mol. The Hall–Kier alpha value is -3.83. The zero-order chi connectivity index (χ0) is 35.5. The van der Waals surface area contributed by atoms with Gasteiger partial charge in [-0.05, 0) is 106 Å². The van der Waals surface area contributed by atoms with E-state index in [1.54, 1.807) is 41.3 Å². The molecule has 1 heterocycles. The zero-order valence-electron chi connectivity index (χ0n) is 30.5. The lowest BCUT2D eigenvalue weighted by atomic mass is 9.78. The maximum Gasteiger partial charge on any atom is 0.421 e. The Bertz CT molecular complexity index is 1710. The summed E-state index contributed by atoms with van der Waals surface area (Å²) in [5.74, 6) is 10.1. The summed E-state index contributed by atoms with van der Waals surface area (Å²) in [4.78, 5) is 28.8. The van der Waals surface area contributed by atoms with Gasteiger partial charge < -0.3 is 13.9 Å². The molecule has 2 unspecified atom stereocenters. The van der Waals surface area contributed by atoms with Crippen LogP contribution in [-0.4, -0.2) is 40.6 Å². The van der Waals surface area contributed by atoms with Gasteiger partial charge >= 0.3 is 12.1 Å². The summed E-state index contributed by atoms with van der Waals surface area (Å²) in [6.45, 7) is 23.3. The van der Waals surface area contributed by atoms with Gasteiger partial charge in [-0.3, -0.25) is 9.69 Å². The maximum atomic E-state index is 14.2. The lowest BCUT2D eigenvalue weighted by Crippen LogP contribution is -2.49. The van der Waals surface area contributed by atoms with Gasteiger partial charge in [-0.25, -0.2) is 4.79 Å². The number of rotatable bonds is 4. The van der Waals surface area contributed by atoms with E-state index in [-0.39, 0.29) is 17.1 Å². The highest BCUT2D eigenvalue weighted by Crippen LogP contribution is 2.49. The van der Waals surface area contributed by atoms with E-state index in [1.807, 2.05) is 45.0 Å². The average Bonchev–Trinajstić information content (AvgIpc) is 2.97. The number of esters is 1.